The van der Waals surface area contributed by atoms with E-state index in [1.165, 1.54) is 28.3 Å². The van der Waals surface area contributed by atoms with Crippen LogP contribution in [0, 0.1) is 5.82 Å². The Labute approximate surface area is 136 Å². The third kappa shape index (κ3) is 3.45. The van der Waals surface area contributed by atoms with Crippen molar-refractivity contribution in [3.05, 3.63) is 45.7 Å². The number of halogens is 2. The number of aromatic nitrogens is 1. The quantitative estimate of drug-likeness (QED) is 0.897. The highest BCUT2D eigenvalue weighted by molar-refractivity contribution is 7.15. The first kappa shape index (κ1) is 15.4. The molecule has 1 aliphatic heterocycles. The Bertz CT molecular complexity index is 685. The number of piperidine rings is 1. The Hall–Kier alpha value is -1.50. The van der Waals surface area contributed by atoms with Gasteiger partial charge in [-0.1, -0.05) is 11.6 Å². The van der Waals surface area contributed by atoms with Crippen LogP contribution in [-0.2, 0) is 0 Å². The molecular weight excluding hydrogens is 325 g/mol. The van der Waals surface area contributed by atoms with Crippen LogP contribution in [0.15, 0.2) is 24.4 Å². The van der Waals surface area contributed by atoms with Gasteiger partial charge >= 0.3 is 0 Å². The number of amides is 1. The predicted octanol–water partition coefficient (Wildman–Crippen LogP) is 3.65. The second-order valence-electron chi connectivity index (χ2n) is 5.17. The van der Waals surface area contributed by atoms with Crippen LogP contribution in [0.1, 0.15) is 34.0 Å². The monoisotopic (exact) mass is 339 g/mol. The van der Waals surface area contributed by atoms with Crippen LogP contribution in [0.2, 0.25) is 5.02 Å². The maximum absolute atomic E-state index is 13.0. The van der Waals surface area contributed by atoms with Crippen LogP contribution >= 0.6 is 22.9 Å². The van der Waals surface area contributed by atoms with Gasteiger partial charge < -0.3 is 5.32 Å². The Morgan fingerprint density at radius 3 is 2.91 bits per heavy atom. The van der Waals surface area contributed by atoms with E-state index in [9.17, 15) is 9.18 Å². The van der Waals surface area contributed by atoms with Gasteiger partial charge in [0.25, 0.3) is 5.91 Å². The molecule has 0 atom stereocenters. The van der Waals surface area contributed by atoms with Gasteiger partial charge in [0.15, 0.2) is 5.13 Å². The summed E-state index contributed by atoms with van der Waals surface area (Å²) < 4.78 is 13.0. The molecule has 7 heteroatoms. The summed E-state index contributed by atoms with van der Waals surface area (Å²) in [6.45, 7) is 2.02. The van der Waals surface area contributed by atoms with E-state index < -0.39 is 5.82 Å². The van der Waals surface area contributed by atoms with Crippen molar-refractivity contribution in [2.24, 2.45) is 0 Å². The molecule has 0 unspecified atom stereocenters. The van der Waals surface area contributed by atoms with E-state index >= 15 is 0 Å². The van der Waals surface area contributed by atoms with Gasteiger partial charge in [-0.3, -0.25) is 10.1 Å². The zero-order valence-corrected chi connectivity index (χ0v) is 13.3. The number of benzene rings is 1. The van der Waals surface area contributed by atoms with E-state index in [0.29, 0.717) is 11.0 Å². The summed E-state index contributed by atoms with van der Waals surface area (Å²) in [6.07, 6.45) is 3.99. The zero-order valence-electron chi connectivity index (χ0n) is 11.7. The molecule has 1 saturated heterocycles. The number of nitrogens with one attached hydrogen (secondary N) is 2. The molecule has 0 saturated carbocycles. The van der Waals surface area contributed by atoms with E-state index in [4.69, 9.17) is 11.6 Å². The van der Waals surface area contributed by atoms with Gasteiger partial charge in [-0.2, -0.15) is 0 Å². The number of hydrogen-bond acceptors (Lipinski definition) is 4. The molecule has 2 N–H and O–H groups in total. The van der Waals surface area contributed by atoms with Gasteiger partial charge in [-0.25, -0.2) is 9.37 Å². The van der Waals surface area contributed by atoms with Crippen LogP contribution in [0.5, 0.6) is 0 Å². The zero-order chi connectivity index (χ0) is 15.5. The molecular formula is C15H15ClFN3OS. The molecule has 0 radical (unpaired) electrons. The number of nitrogens with zero attached hydrogens (tertiary/aromatic N) is 1. The van der Waals surface area contributed by atoms with Gasteiger partial charge in [0.1, 0.15) is 5.82 Å². The minimum absolute atomic E-state index is 0.0904. The lowest BCUT2D eigenvalue weighted by Crippen LogP contribution is -2.26. The molecule has 0 bridgehead atoms. The predicted molar refractivity (Wildman–Crippen MR) is 86.3 cm³/mol. The molecule has 1 amide bonds. The second-order valence-corrected chi connectivity index (χ2v) is 6.64. The van der Waals surface area contributed by atoms with E-state index in [0.717, 1.165) is 32.0 Å². The van der Waals surface area contributed by atoms with Crippen LogP contribution < -0.4 is 10.6 Å². The fourth-order valence-corrected chi connectivity index (χ4v) is 3.71. The standard InChI is InChI=1S/C15H15ClFN3OS/c16-12-7-10(17)1-2-11(12)14(21)20-15-19-8-13(22-15)9-3-5-18-6-4-9/h1-2,7-9,18H,3-6H2,(H,19,20,21). The highest BCUT2D eigenvalue weighted by Gasteiger charge is 2.19. The molecule has 0 spiro atoms. The molecule has 1 fully saturated rings. The molecule has 116 valence electrons. The van der Waals surface area contributed by atoms with Gasteiger partial charge in [0, 0.05) is 11.1 Å². The number of rotatable bonds is 3. The molecule has 2 aromatic rings. The number of anilines is 1. The van der Waals surface area contributed by atoms with E-state index in [1.807, 2.05) is 6.20 Å². The van der Waals surface area contributed by atoms with Gasteiger partial charge in [-0.15, -0.1) is 11.3 Å². The average molecular weight is 340 g/mol. The van der Waals surface area contributed by atoms with Crippen molar-refractivity contribution in [2.45, 2.75) is 18.8 Å². The Morgan fingerprint density at radius 2 is 2.18 bits per heavy atom. The maximum Gasteiger partial charge on any atom is 0.258 e. The smallest absolute Gasteiger partial charge is 0.258 e. The van der Waals surface area contributed by atoms with E-state index in [-0.39, 0.29) is 16.5 Å². The molecule has 22 heavy (non-hydrogen) atoms. The summed E-state index contributed by atoms with van der Waals surface area (Å²) in [6, 6.07) is 3.70. The molecule has 1 aromatic carbocycles. The van der Waals surface area contributed by atoms with Crippen LogP contribution in [0.3, 0.4) is 0 Å². The lowest BCUT2D eigenvalue weighted by atomic mass is 9.97. The summed E-state index contributed by atoms with van der Waals surface area (Å²) in [7, 11) is 0. The Kier molecular flexibility index (Phi) is 4.71. The number of thiazole rings is 1. The molecule has 2 heterocycles. The van der Waals surface area contributed by atoms with Crippen LogP contribution in [0.25, 0.3) is 0 Å². The third-order valence-corrected chi connectivity index (χ3v) is 5.05. The largest absolute Gasteiger partial charge is 0.317 e. The summed E-state index contributed by atoms with van der Waals surface area (Å²) in [5.74, 6) is -0.348. The Morgan fingerprint density at radius 1 is 1.41 bits per heavy atom. The molecule has 1 aromatic heterocycles. The highest BCUT2D eigenvalue weighted by Crippen LogP contribution is 2.32. The number of hydrogen-bond donors (Lipinski definition) is 2. The fraction of sp³-hybridized carbons (Fsp3) is 0.333. The van der Waals surface area contributed by atoms with Gasteiger partial charge in [-0.05, 0) is 50.0 Å². The van der Waals surface area contributed by atoms with Crippen LogP contribution in [0.4, 0.5) is 9.52 Å². The first-order chi connectivity index (χ1) is 10.6. The lowest BCUT2D eigenvalue weighted by Gasteiger charge is -2.20. The number of carbonyl (C=O) groups is 1. The summed E-state index contributed by atoms with van der Waals surface area (Å²) >= 11 is 7.38. The maximum atomic E-state index is 13.0. The topological polar surface area (TPSA) is 54.0 Å². The highest BCUT2D eigenvalue weighted by atomic mass is 35.5. The summed E-state index contributed by atoms with van der Waals surface area (Å²) in [4.78, 5) is 17.6. The average Bonchev–Trinajstić information content (AvgIpc) is 2.96. The summed E-state index contributed by atoms with van der Waals surface area (Å²) in [5.41, 5.74) is 0.238. The van der Waals surface area contributed by atoms with E-state index in [2.05, 4.69) is 15.6 Å². The third-order valence-electron chi connectivity index (χ3n) is 3.66. The first-order valence-corrected chi connectivity index (χ1v) is 8.26. The molecule has 3 rings (SSSR count). The van der Waals surface area contributed by atoms with Crippen molar-refractivity contribution in [2.75, 3.05) is 18.4 Å². The first-order valence-electron chi connectivity index (χ1n) is 7.06. The van der Waals surface area contributed by atoms with Gasteiger partial charge in [0.2, 0.25) is 0 Å². The van der Waals surface area contributed by atoms with Gasteiger partial charge in [0.05, 0.1) is 10.6 Å². The van der Waals surface area contributed by atoms with Crippen molar-refractivity contribution in [1.82, 2.24) is 10.3 Å². The fourth-order valence-electron chi connectivity index (χ4n) is 2.48. The van der Waals surface area contributed by atoms with Crippen molar-refractivity contribution in [3.8, 4) is 0 Å². The molecule has 1 aliphatic rings. The minimum atomic E-state index is -0.469. The summed E-state index contributed by atoms with van der Waals surface area (Å²) in [5, 5.41) is 6.68. The van der Waals surface area contributed by atoms with Crippen molar-refractivity contribution < 1.29 is 9.18 Å². The SMILES string of the molecule is O=C(Nc1ncc(C2CCNCC2)s1)c1ccc(F)cc1Cl. The Balaban J connectivity index is 1.70. The van der Waals surface area contributed by atoms with Crippen LogP contribution in [-0.4, -0.2) is 24.0 Å². The minimum Gasteiger partial charge on any atom is -0.317 e. The normalized spacial score (nSPS) is 15.7. The second kappa shape index (κ2) is 6.73. The van der Waals surface area contributed by atoms with Crippen molar-refractivity contribution >= 4 is 34.0 Å². The number of carbonyl (C=O) groups excluding carboxylic acids is 1. The molecule has 4 nitrogen and oxygen atoms in total. The van der Waals surface area contributed by atoms with Crippen molar-refractivity contribution in [1.29, 1.82) is 0 Å². The molecule has 0 aliphatic carbocycles. The van der Waals surface area contributed by atoms with E-state index in [1.54, 1.807) is 0 Å². The lowest BCUT2D eigenvalue weighted by molar-refractivity contribution is 0.102. The van der Waals surface area contributed by atoms with Crippen molar-refractivity contribution in [3.63, 3.8) is 0 Å².